The van der Waals surface area contributed by atoms with Crippen LogP contribution in [0.15, 0.2) is 42.5 Å². The highest BCUT2D eigenvalue weighted by Gasteiger charge is 2.28. The molecule has 1 aliphatic heterocycles. The van der Waals surface area contributed by atoms with Gasteiger partial charge in [0.15, 0.2) is 0 Å². The molecule has 110 valence electrons. The van der Waals surface area contributed by atoms with Crippen LogP contribution in [0.25, 0.3) is 0 Å². The molecule has 1 saturated heterocycles. The molecule has 0 N–H and O–H groups in total. The van der Waals surface area contributed by atoms with E-state index >= 15 is 0 Å². The fourth-order valence-corrected chi connectivity index (χ4v) is 2.50. The van der Waals surface area contributed by atoms with Gasteiger partial charge >= 0.3 is 0 Å². The molecule has 21 heavy (non-hydrogen) atoms. The minimum Gasteiger partial charge on any atom is -0.487 e. The molecule has 0 saturated carbocycles. The molecule has 2 aromatic carbocycles. The van der Waals surface area contributed by atoms with Crippen molar-refractivity contribution in [1.82, 2.24) is 4.90 Å². The molecule has 1 aliphatic rings. The summed E-state index contributed by atoms with van der Waals surface area (Å²) in [5.74, 6) is 0.282. The zero-order chi connectivity index (χ0) is 14.8. The molecule has 0 atom stereocenters. The van der Waals surface area contributed by atoms with E-state index in [4.69, 9.17) is 4.74 Å². The Morgan fingerprint density at radius 1 is 1.05 bits per heavy atom. The van der Waals surface area contributed by atoms with Gasteiger partial charge in [-0.1, -0.05) is 12.1 Å². The number of rotatable bonds is 4. The number of aryl methyl sites for hydroxylation is 1. The Morgan fingerprint density at radius 2 is 1.71 bits per heavy atom. The molecule has 1 heterocycles. The molecule has 2 aromatic rings. The molecule has 0 spiro atoms. The van der Waals surface area contributed by atoms with E-state index in [0.29, 0.717) is 0 Å². The number of hydrogen-bond donors (Lipinski definition) is 0. The molecule has 3 rings (SSSR count). The molecule has 0 aromatic heterocycles. The third-order valence-corrected chi connectivity index (χ3v) is 3.67. The van der Waals surface area contributed by atoms with Crippen molar-refractivity contribution in [2.75, 3.05) is 13.1 Å². The molecule has 0 aliphatic carbocycles. The first-order valence-electron chi connectivity index (χ1n) is 7.00. The van der Waals surface area contributed by atoms with E-state index in [0.717, 1.165) is 36.5 Å². The monoisotopic (exact) mass is 289 g/mol. The standard InChI is InChI=1S/C17H17F2NO/c1-12-8-15(19)6-7-17(12)21-16-10-20(11-16)9-13-2-4-14(18)5-3-13/h2-8,16H,9-11H2,1H3. The maximum Gasteiger partial charge on any atom is 0.124 e. The summed E-state index contributed by atoms with van der Waals surface area (Å²) in [6.07, 6.45) is 0.134. The number of halogens is 2. The first-order valence-corrected chi connectivity index (χ1v) is 7.00. The molecule has 4 heteroatoms. The number of nitrogens with zero attached hydrogens (tertiary/aromatic N) is 1. The number of hydrogen-bond acceptors (Lipinski definition) is 2. The Morgan fingerprint density at radius 3 is 2.38 bits per heavy atom. The largest absolute Gasteiger partial charge is 0.487 e. The Kier molecular flexibility index (Phi) is 3.88. The summed E-state index contributed by atoms with van der Waals surface area (Å²) in [5.41, 5.74) is 1.90. The van der Waals surface area contributed by atoms with Gasteiger partial charge in [0, 0.05) is 19.6 Å². The lowest BCUT2D eigenvalue weighted by molar-refractivity contribution is 0.0141. The van der Waals surface area contributed by atoms with Crippen LogP contribution in [-0.2, 0) is 6.54 Å². The van der Waals surface area contributed by atoms with Crippen molar-refractivity contribution in [3.05, 3.63) is 65.2 Å². The van der Waals surface area contributed by atoms with Gasteiger partial charge in [-0.25, -0.2) is 8.78 Å². The van der Waals surface area contributed by atoms with Gasteiger partial charge < -0.3 is 4.74 Å². The van der Waals surface area contributed by atoms with Gasteiger partial charge in [-0.15, -0.1) is 0 Å². The van der Waals surface area contributed by atoms with E-state index in [1.807, 2.05) is 6.92 Å². The minimum atomic E-state index is -0.244. The maximum absolute atomic E-state index is 13.0. The molecule has 0 amide bonds. The highest BCUT2D eigenvalue weighted by molar-refractivity contribution is 5.33. The third kappa shape index (κ3) is 3.39. The summed E-state index contributed by atoms with van der Waals surface area (Å²) >= 11 is 0. The first-order chi connectivity index (χ1) is 10.1. The van der Waals surface area contributed by atoms with Crippen LogP contribution in [0, 0.1) is 18.6 Å². The van der Waals surface area contributed by atoms with Crippen molar-refractivity contribution in [2.24, 2.45) is 0 Å². The normalized spacial score (nSPS) is 15.8. The molecule has 0 radical (unpaired) electrons. The SMILES string of the molecule is Cc1cc(F)ccc1OC1CN(Cc2ccc(F)cc2)C1. The zero-order valence-corrected chi connectivity index (χ0v) is 11.9. The van der Waals surface area contributed by atoms with E-state index in [-0.39, 0.29) is 17.7 Å². The molecule has 0 unspecified atom stereocenters. The van der Waals surface area contributed by atoms with E-state index in [2.05, 4.69) is 4.90 Å². The summed E-state index contributed by atoms with van der Waals surface area (Å²) in [7, 11) is 0. The van der Waals surface area contributed by atoms with Crippen LogP contribution in [0.2, 0.25) is 0 Å². The lowest BCUT2D eigenvalue weighted by Gasteiger charge is -2.39. The molecule has 2 nitrogen and oxygen atoms in total. The first kappa shape index (κ1) is 14.0. The lowest BCUT2D eigenvalue weighted by Crippen LogP contribution is -2.53. The van der Waals surface area contributed by atoms with Gasteiger partial charge in [-0.3, -0.25) is 4.90 Å². The summed E-state index contributed by atoms with van der Waals surface area (Å²) < 4.78 is 31.7. The smallest absolute Gasteiger partial charge is 0.124 e. The van der Waals surface area contributed by atoms with Gasteiger partial charge in [0.25, 0.3) is 0 Å². The van der Waals surface area contributed by atoms with Gasteiger partial charge in [-0.2, -0.15) is 0 Å². The van der Waals surface area contributed by atoms with Crippen LogP contribution in [-0.4, -0.2) is 24.1 Å². The van der Waals surface area contributed by atoms with Crippen molar-refractivity contribution in [1.29, 1.82) is 0 Å². The second kappa shape index (κ2) is 5.82. The second-order valence-corrected chi connectivity index (χ2v) is 5.47. The van der Waals surface area contributed by atoms with E-state index in [1.54, 1.807) is 18.2 Å². The Bertz CT molecular complexity index is 621. The van der Waals surface area contributed by atoms with Gasteiger partial charge in [-0.05, 0) is 48.4 Å². The van der Waals surface area contributed by atoms with Crippen LogP contribution in [0.1, 0.15) is 11.1 Å². The van der Waals surface area contributed by atoms with E-state index in [9.17, 15) is 8.78 Å². The molecule has 1 fully saturated rings. The molecule has 0 bridgehead atoms. The predicted molar refractivity (Wildman–Crippen MR) is 77.2 cm³/mol. The number of ether oxygens (including phenoxy) is 1. The van der Waals surface area contributed by atoms with Crippen LogP contribution in [0.3, 0.4) is 0 Å². The van der Waals surface area contributed by atoms with Crippen LogP contribution < -0.4 is 4.74 Å². The summed E-state index contributed by atoms with van der Waals surface area (Å²) in [6.45, 7) is 4.29. The minimum absolute atomic E-state index is 0.134. The van der Waals surface area contributed by atoms with Gasteiger partial charge in [0.05, 0.1) is 0 Å². The summed E-state index contributed by atoms with van der Waals surface area (Å²) in [5, 5.41) is 0. The number of benzene rings is 2. The average Bonchev–Trinajstić information content (AvgIpc) is 2.41. The van der Waals surface area contributed by atoms with E-state index in [1.165, 1.54) is 24.3 Å². The van der Waals surface area contributed by atoms with Gasteiger partial charge in [0.1, 0.15) is 23.5 Å². The quantitative estimate of drug-likeness (QED) is 0.853. The fraction of sp³-hybridized carbons (Fsp3) is 0.294. The summed E-state index contributed by atoms with van der Waals surface area (Å²) in [4.78, 5) is 2.23. The van der Waals surface area contributed by atoms with Gasteiger partial charge in [0.2, 0.25) is 0 Å². The second-order valence-electron chi connectivity index (χ2n) is 5.47. The van der Waals surface area contributed by atoms with Crippen molar-refractivity contribution < 1.29 is 13.5 Å². The third-order valence-electron chi connectivity index (χ3n) is 3.67. The fourth-order valence-electron chi connectivity index (χ4n) is 2.50. The van der Waals surface area contributed by atoms with Crippen molar-refractivity contribution in [3.8, 4) is 5.75 Å². The van der Waals surface area contributed by atoms with Crippen LogP contribution in [0.4, 0.5) is 8.78 Å². The molecular formula is C17H17F2NO. The summed E-state index contributed by atoms with van der Waals surface area (Å²) in [6, 6.07) is 11.1. The van der Waals surface area contributed by atoms with E-state index < -0.39 is 0 Å². The lowest BCUT2D eigenvalue weighted by atomic mass is 10.1. The topological polar surface area (TPSA) is 12.5 Å². The Labute approximate surface area is 123 Å². The average molecular weight is 289 g/mol. The van der Waals surface area contributed by atoms with Crippen LogP contribution >= 0.6 is 0 Å². The highest BCUT2D eigenvalue weighted by atomic mass is 19.1. The Balaban J connectivity index is 1.50. The Hall–Kier alpha value is -1.94. The van der Waals surface area contributed by atoms with Crippen LogP contribution in [0.5, 0.6) is 5.75 Å². The maximum atomic E-state index is 13.0. The molecular weight excluding hydrogens is 272 g/mol. The van der Waals surface area contributed by atoms with Crippen molar-refractivity contribution in [2.45, 2.75) is 19.6 Å². The predicted octanol–water partition coefficient (Wildman–Crippen LogP) is 3.54. The highest BCUT2D eigenvalue weighted by Crippen LogP contribution is 2.23. The number of likely N-dealkylation sites (tertiary alicyclic amines) is 1. The zero-order valence-electron chi connectivity index (χ0n) is 11.9. The van der Waals surface area contributed by atoms with Crippen molar-refractivity contribution >= 4 is 0 Å². The van der Waals surface area contributed by atoms with Crippen molar-refractivity contribution in [3.63, 3.8) is 0 Å².